The molecule has 0 unspecified atom stereocenters. The van der Waals surface area contributed by atoms with Gasteiger partial charge in [-0.2, -0.15) is 0 Å². The van der Waals surface area contributed by atoms with Crippen molar-refractivity contribution >= 4 is 42.0 Å². The number of allylic oxidation sites excluding steroid dienone is 2. The highest BCUT2D eigenvalue weighted by Gasteiger charge is 2.56. The van der Waals surface area contributed by atoms with Gasteiger partial charge in [0.1, 0.15) is 6.61 Å². The third-order valence-electron chi connectivity index (χ3n) is 9.05. The van der Waals surface area contributed by atoms with Crippen LogP contribution in [0.1, 0.15) is 39.7 Å². The van der Waals surface area contributed by atoms with Crippen LogP contribution >= 0.6 is 0 Å². The molecule has 3 aromatic rings. The third kappa shape index (κ3) is 5.32. The van der Waals surface area contributed by atoms with E-state index in [1.807, 2.05) is 12.1 Å². The van der Waals surface area contributed by atoms with E-state index in [1.54, 1.807) is 4.90 Å². The number of hydrogen-bond donors (Lipinski definition) is 0. The lowest BCUT2D eigenvalue weighted by molar-refractivity contribution is -0.143. The summed E-state index contributed by atoms with van der Waals surface area (Å²) in [6, 6.07) is 29.8. The van der Waals surface area contributed by atoms with E-state index in [1.165, 1.54) is 28.4 Å². The number of hydrogen-bond acceptors (Lipinski definition) is 5. The van der Waals surface area contributed by atoms with Gasteiger partial charge in [-0.15, -0.1) is 0 Å². The first-order valence-electron chi connectivity index (χ1n) is 14.8. The molecule has 3 aromatic carbocycles. The summed E-state index contributed by atoms with van der Waals surface area (Å²) in [7, 11) is -2.53. The Hall–Kier alpha value is -3.68. The molecule has 1 amide bonds. The number of nitrogens with zero attached hydrogens (tertiary/aromatic N) is 1. The van der Waals surface area contributed by atoms with Gasteiger partial charge in [0.25, 0.3) is 8.32 Å². The lowest BCUT2D eigenvalue weighted by Crippen LogP contribution is -2.66. The van der Waals surface area contributed by atoms with Crippen molar-refractivity contribution in [2.75, 3.05) is 24.7 Å². The van der Waals surface area contributed by atoms with Crippen LogP contribution < -0.4 is 15.3 Å². The van der Waals surface area contributed by atoms with E-state index in [4.69, 9.17) is 13.9 Å². The smallest absolute Gasteiger partial charge is 0.414 e. The summed E-state index contributed by atoms with van der Waals surface area (Å²) in [6.45, 7) is 9.55. The molecule has 2 aliphatic carbocycles. The maximum atomic E-state index is 12.4. The Labute approximate surface area is 249 Å². The zero-order valence-corrected chi connectivity index (χ0v) is 25.8. The standard InChI is InChI=1S/C35H39NO5Si/c1-24(37)39-22-28-21-36(34(38)41-28)27-17-15-25(16-18-27)26-19-31-32(20-26)33(31)23-40-42(35(2,3)4,29-11-7-5-8-12-29)30-13-9-6-10-14-30/h5-19,28,31-33H,20-23H2,1-4H3/t28-,31-,32+,33+/m1/s1. The van der Waals surface area contributed by atoms with Crippen LogP contribution in [-0.2, 0) is 18.7 Å². The van der Waals surface area contributed by atoms with Gasteiger partial charge < -0.3 is 13.9 Å². The fraction of sp³-hybridized carbons (Fsp3) is 0.371. The van der Waals surface area contributed by atoms with Crippen LogP contribution in [0.4, 0.5) is 10.5 Å². The molecule has 4 atom stereocenters. The van der Waals surface area contributed by atoms with Gasteiger partial charge in [-0.3, -0.25) is 9.69 Å². The van der Waals surface area contributed by atoms with Gasteiger partial charge in [0.15, 0.2) is 6.10 Å². The highest BCUT2D eigenvalue weighted by Crippen LogP contribution is 2.58. The summed E-state index contributed by atoms with van der Waals surface area (Å²) in [5, 5.41) is 2.63. The molecule has 1 saturated carbocycles. The van der Waals surface area contributed by atoms with Crippen LogP contribution in [0, 0.1) is 17.8 Å². The highest BCUT2D eigenvalue weighted by atomic mass is 28.4. The highest BCUT2D eigenvalue weighted by molar-refractivity contribution is 6.99. The first-order valence-corrected chi connectivity index (χ1v) is 16.8. The van der Waals surface area contributed by atoms with Crippen LogP contribution in [0.2, 0.25) is 5.04 Å². The zero-order chi connectivity index (χ0) is 29.5. The minimum Gasteiger partial charge on any atom is -0.462 e. The minimum absolute atomic E-state index is 0.0231. The van der Waals surface area contributed by atoms with Crippen LogP contribution in [0.5, 0.6) is 0 Å². The Kier molecular flexibility index (Phi) is 7.58. The minimum atomic E-state index is -2.53. The van der Waals surface area contributed by atoms with E-state index in [2.05, 4.69) is 99.6 Å². The van der Waals surface area contributed by atoms with E-state index in [0.29, 0.717) is 24.3 Å². The number of carbonyl (C=O) groups excluding carboxylic acids is 2. The lowest BCUT2D eigenvalue weighted by Gasteiger charge is -2.43. The van der Waals surface area contributed by atoms with Gasteiger partial charge in [0, 0.05) is 19.2 Å². The number of carbonyl (C=O) groups is 2. The van der Waals surface area contributed by atoms with Crippen LogP contribution in [0.3, 0.4) is 0 Å². The Morgan fingerprint density at radius 1 is 0.929 bits per heavy atom. The summed E-state index contributed by atoms with van der Waals surface area (Å²) in [5.74, 6) is 1.33. The fourth-order valence-electron chi connectivity index (χ4n) is 6.88. The molecule has 6 nitrogen and oxygen atoms in total. The first-order chi connectivity index (χ1) is 20.2. The second-order valence-corrected chi connectivity index (χ2v) is 17.0. The molecule has 7 heteroatoms. The summed E-state index contributed by atoms with van der Waals surface area (Å²) in [5.41, 5.74) is 3.35. The van der Waals surface area contributed by atoms with Gasteiger partial charge in [0.05, 0.1) is 6.54 Å². The molecule has 1 aliphatic heterocycles. The third-order valence-corrected chi connectivity index (χ3v) is 14.1. The monoisotopic (exact) mass is 581 g/mol. The number of amides is 1. The molecule has 0 spiro atoms. The van der Waals surface area contributed by atoms with Crippen molar-refractivity contribution in [3.8, 4) is 0 Å². The van der Waals surface area contributed by atoms with E-state index < -0.39 is 20.5 Å². The summed E-state index contributed by atoms with van der Waals surface area (Å²) >= 11 is 0. The van der Waals surface area contributed by atoms with Crippen molar-refractivity contribution in [1.82, 2.24) is 0 Å². The molecular weight excluding hydrogens is 542 g/mol. The maximum Gasteiger partial charge on any atom is 0.414 e. The number of anilines is 1. The number of esters is 1. The molecule has 42 heavy (non-hydrogen) atoms. The second kappa shape index (κ2) is 11.2. The summed E-state index contributed by atoms with van der Waals surface area (Å²) < 4.78 is 17.6. The first kappa shape index (κ1) is 28.4. The number of ether oxygens (including phenoxy) is 2. The summed E-state index contributed by atoms with van der Waals surface area (Å²) in [4.78, 5) is 25.1. The molecule has 0 N–H and O–H groups in total. The SMILES string of the molecule is CC(=O)OC[C@H]1CN(c2ccc(C3=C[C@H]4[C@H](CO[Si](c5ccccc5)(c5ccccc5)C(C)(C)C)[C@H]4C3)cc2)C(=O)O1. The van der Waals surface area contributed by atoms with Crippen molar-refractivity contribution < 1.29 is 23.5 Å². The van der Waals surface area contributed by atoms with Gasteiger partial charge in [-0.1, -0.05) is 99.6 Å². The van der Waals surface area contributed by atoms with Gasteiger partial charge in [0.2, 0.25) is 0 Å². The zero-order valence-electron chi connectivity index (χ0n) is 24.8. The number of benzene rings is 3. The molecule has 1 heterocycles. The summed E-state index contributed by atoms with van der Waals surface area (Å²) in [6.07, 6.45) is 2.63. The number of rotatable bonds is 9. The molecule has 3 aliphatic rings. The Balaban J connectivity index is 1.13. The topological polar surface area (TPSA) is 65.1 Å². The average molecular weight is 582 g/mol. The number of fused-ring (bicyclic) bond motifs is 1. The van der Waals surface area contributed by atoms with Gasteiger partial charge in [-0.05, 0) is 62.9 Å². The van der Waals surface area contributed by atoms with Gasteiger partial charge >= 0.3 is 12.1 Å². The molecule has 2 fully saturated rings. The Morgan fingerprint density at radius 3 is 2.07 bits per heavy atom. The van der Waals surface area contributed by atoms with Crippen molar-refractivity contribution in [1.29, 1.82) is 0 Å². The van der Waals surface area contributed by atoms with Gasteiger partial charge in [-0.25, -0.2) is 4.79 Å². The molecule has 218 valence electrons. The second-order valence-electron chi connectivity index (χ2n) is 12.7. The van der Waals surface area contributed by atoms with Crippen molar-refractivity contribution in [2.24, 2.45) is 17.8 Å². The van der Waals surface area contributed by atoms with E-state index in [-0.39, 0.29) is 17.6 Å². The van der Waals surface area contributed by atoms with E-state index >= 15 is 0 Å². The molecular formula is C35H39NO5Si. The van der Waals surface area contributed by atoms with Crippen LogP contribution in [0.15, 0.2) is 91.0 Å². The normalized spacial score (nSPS) is 23.3. The predicted molar refractivity (Wildman–Crippen MR) is 167 cm³/mol. The van der Waals surface area contributed by atoms with E-state index in [9.17, 15) is 9.59 Å². The van der Waals surface area contributed by atoms with Crippen LogP contribution in [-0.4, -0.2) is 46.2 Å². The van der Waals surface area contributed by atoms with E-state index in [0.717, 1.165) is 18.7 Å². The average Bonchev–Trinajstić information content (AvgIpc) is 3.27. The molecule has 0 bridgehead atoms. The molecule has 0 aromatic heterocycles. The van der Waals surface area contributed by atoms with Crippen LogP contribution in [0.25, 0.3) is 5.57 Å². The van der Waals surface area contributed by atoms with Crippen molar-refractivity contribution in [2.45, 2.75) is 45.3 Å². The number of cyclic esters (lactones) is 1. The Bertz CT molecular complexity index is 1430. The Morgan fingerprint density at radius 2 is 1.55 bits per heavy atom. The maximum absolute atomic E-state index is 12.4. The predicted octanol–water partition coefficient (Wildman–Crippen LogP) is 5.80. The van der Waals surface area contributed by atoms with Crippen molar-refractivity contribution in [3.05, 3.63) is 96.6 Å². The molecule has 6 rings (SSSR count). The molecule has 1 saturated heterocycles. The molecule has 0 radical (unpaired) electrons. The lowest BCUT2D eigenvalue weighted by atomic mass is 10.0. The fourth-order valence-corrected chi connectivity index (χ4v) is 11.5. The quantitative estimate of drug-likeness (QED) is 0.236. The largest absolute Gasteiger partial charge is 0.462 e. The van der Waals surface area contributed by atoms with Crippen molar-refractivity contribution in [3.63, 3.8) is 0 Å².